The maximum Gasteiger partial charge on any atom is 0.167 e. The molecule has 0 spiro atoms. The third kappa shape index (κ3) is 3.51. The van der Waals surface area contributed by atoms with Crippen molar-refractivity contribution in [2.45, 2.75) is 65.0 Å². The van der Waals surface area contributed by atoms with E-state index in [4.69, 9.17) is 4.74 Å². The SMILES string of the molecule is CCc1nnc(NC2CCOC(C)(C)C2)c(C#N)c1CC. The topological polar surface area (TPSA) is 70.8 Å². The number of nitrogens with one attached hydrogen (secondary N) is 1. The van der Waals surface area contributed by atoms with E-state index in [-0.39, 0.29) is 11.6 Å². The highest BCUT2D eigenvalue weighted by molar-refractivity contribution is 5.57. The van der Waals surface area contributed by atoms with Crippen LogP contribution in [0, 0.1) is 11.3 Å². The minimum atomic E-state index is -0.132. The molecule has 1 aromatic heterocycles. The number of hydrogen-bond acceptors (Lipinski definition) is 5. The van der Waals surface area contributed by atoms with Crippen molar-refractivity contribution in [1.29, 1.82) is 5.26 Å². The van der Waals surface area contributed by atoms with Gasteiger partial charge in [-0.15, -0.1) is 5.10 Å². The predicted octanol–water partition coefficient (Wildman–Crippen LogP) is 2.84. The lowest BCUT2D eigenvalue weighted by molar-refractivity contribution is -0.0553. The van der Waals surface area contributed by atoms with Gasteiger partial charge in [0, 0.05) is 12.6 Å². The van der Waals surface area contributed by atoms with E-state index in [2.05, 4.69) is 42.4 Å². The Morgan fingerprint density at radius 3 is 2.67 bits per heavy atom. The standard InChI is InChI=1S/C16H24N4O/c1-5-12-13(10-17)15(20-19-14(12)6-2)18-11-7-8-21-16(3,4)9-11/h11H,5-9H2,1-4H3,(H,18,20). The molecule has 2 rings (SSSR count). The van der Waals surface area contributed by atoms with Crippen molar-refractivity contribution in [2.24, 2.45) is 0 Å². The molecule has 0 radical (unpaired) electrons. The summed E-state index contributed by atoms with van der Waals surface area (Å²) in [5.41, 5.74) is 2.46. The Hall–Kier alpha value is -1.67. The van der Waals surface area contributed by atoms with Crippen molar-refractivity contribution in [2.75, 3.05) is 11.9 Å². The Balaban J connectivity index is 2.26. The minimum absolute atomic E-state index is 0.132. The highest BCUT2D eigenvalue weighted by Crippen LogP contribution is 2.28. The molecule has 1 unspecified atom stereocenters. The van der Waals surface area contributed by atoms with Crippen LogP contribution in [0.3, 0.4) is 0 Å². The van der Waals surface area contributed by atoms with Crippen LogP contribution in [0.15, 0.2) is 0 Å². The lowest BCUT2D eigenvalue weighted by atomic mass is 9.93. The molecule has 1 aromatic rings. The zero-order valence-electron chi connectivity index (χ0n) is 13.4. The summed E-state index contributed by atoms with van der Waals surface area (Å²) in [6.07, 6.45) is 3.43. The molecule has 114 valence electrons. The Labute approximate surface area is 126 Å². The van der Waals surface area contributed by atoms with E-state index >= 15 is 0 Å². The summed E-state index contributed by atoms with van der Waals surface area (Å²) in [4.78, 5) is 0. The number of nitrogens with zero attached hydrogens (tertiary/aromatic N) is 3. The first-order chi connectivity index (χ1) is 10.0. The number of anilines is 1. The van der Waals surface area contributed by atoms with Gasteiger partial charge in [-0.1, -0.05) is 13.8 Å². The molecule has 2 heterocycles. The molecule has 0 saturated carbocycles. The van der Waals surface area contributed by atoms with Gasteiger partial charge in [0.25, 0.3) is 0 Å². The summed E-state index contributed by atoms with van der Waals surface area (Å²) >= 11 is 0. The molecular weight excluding hydrogens is 264 g/mol. The fourth-order valence-corrected chi connectivity index (χ4v) is 2.94. The molecule has 5 nitrogen and oxygen atoms in total. The average molecular weight is 288 g/mol. The fraction of sp³-hybridized carbons (Fsp3) is 0.688. The molecule has 21 heavy (non-hydrogen) atoms. The second-order valence-electron chi connectivity index (χ2n) is 6.11. The first-order valence-electron chi connectivity index (χ1n) is 7.69. The van der Waals surface area contributed by atoms with Gasteiger partial charge in [-0.2, -0.15) is 10.4 Å². The lowest BCUT2D eigenvalue weighted by Gasteiger charge is -2.36. The normalized spacial score (nSPS) is 20.8. The van der Waals surface area contributed by atoms with E-state index in [1.165, 1.54) is 0 Å². The lowest BCUT2D eigenvalue weighted by Crippen LogP contribution is -2.40. The van der Waals surface area contributed by atoms with E-state index in [0.717, 1.165) is 43.5 Å². The summed E-state index contributed by atoms with van der Waals surface area (Å²) in [5, 5.41) is 21.4. The third-order valence-electron chi connectivity index (χ3n) is 4.00. The van der Waals surface area contributed by atoms with Gasteiger partial charge in [-0.25, -0.2) is 0 Å². The zero-order valence-corrected chi connectivity index (χ0v) is 13.4. The summed E-state index contributed by atoms with van der Waals surface area (Å²) in [7, 11) is 0. The summed E-state index contributed by atoms with van der Waals surface area (Å²) in [5.74, 6) is 0.620. The smallest absolute Gasteiger partial charge is 0.167 e. The van der Waals surface area contributed by atoms with Crippen molar-refractivity contribution in [3.63, 3.8) is 0 Å². The van der Waals surface area contributed by atoms with Gasteiger partial charge in [0.2, 0.25) is 0 Å². The molecule has 1 atom stereocenters. The van der Waals surface area contributed by atoms with Gasteiger partial charge in [-0.3, -0.25) is 0 Å². The second kappa shape index (κ2) is 6.40. The molecule has 0 aromatic carbocycles. The Morgan fingerprint density at radius 2 is 2.10 bits per heavy atom. The molecule has 0 bridgehead atoms. The van der Waals surface area contributed by atoms with E-state index < -0.39 is 0 Å². The van der Waals surface area contributed by atoms with Crippen LogP contribution in [0.5, 0.6) is 0 Å². The van der Waals surface area contributed by atoms with Crippen molar-refractivity contribution in [1.82, 2.24) is 10.2 Å². The molecule has 1 N–H and O–H groups in total. The van der Waals surface area contributed by atoms with Gasteiger partial charge >= 0.3 is 0 Å². The molecular formula is C16H24N4O. The average Bonchev–Trinajstić information content (AvgIpc) is 2.45. The molecule has 0 aliphatic carbocycles. The van der Waals surface area contributed by atoms with E-state index in [9.17, 15) is 5.26 Å². The van der Waals surface area contributed by atoms with E-state index in [0.29, 0.717) is 11.4 Å². The molecule has 0 amide bonds. The van der Waals surface area contributed by atoms with E-state index in [1.54, 1.807) is 0 Å². The first kappa shape index (κ1) is 15.7. The van der Waals surface area contributed by atoms with Crippen molar-refractivity contribution >= 4 is 5.82 Å². The maximum absolute atomic E-state index is 9.50. The summed E-state index contributed by atoms with van der Waals surface area (Å²) < 4.78 is 5.73. The van der Waals surface area contributed by atoms with Crippen LogP contribution in [0.25, 0.3) is 0 Å². The van der Waals surface area contributed by atoms with Crippen LogP contribution in [-0.4, -0.2) is 28.4 Å². The monoisotopic (exact) mass is 288 g/mol. The maximum atomic E-state index is 9.50. The van der Waals surface area contributed by atoms with E-state index in [1.807, 2.05) is 6.92 Å². The summed E-state index contributed by atoms with van der Waals surface area (Å²) in [6, 6.07) is 2.57. The molecule has 1 aliphatic rings. The van der Waals surface area contributed by atoms with Crippen LogP contribution in [-0.2, 0) is 17.6 Å². The third-order valence-corrected chi connectivity index (χ3v) is 4.00. The van der Waals surface area contributed by atoms with Gasteiger partial charge in [0.15, 0.2) is 5.82 Å². The van der Waals surface area contributed by atoms with Crippen molar-refractivity contribution in [3.05, 3.63) is 16.8 Å². The van der Waals surface area contributed by atoms with Gasteiger partial charge in [-0.05, 0) is 45.1 Å². The molecule has 1 aliphatic heterocycles. The highest BCUT2D eigenvalue weighted by Gasteiger charge is 2.29. The van der Waals surface area contributed by atoms with Crippen LogP contribution >= 0.6 is 0 Å². The first-order valence-corrected chi connectivity index (χ1v) is 7.69. The van der Waals surface area contributed by atoms with Crippen molar-refractivity contribution < 1.29 is 4.74 Å². The van der Waals surface area contributed by atoms with Crippen LogP contribution in [0.2, 0.25) is 0 Å². The number of nitriles is 1. The largest absolute Gasteiger partial charge is 0.375 e. The van der Waals surface area contributed by atoms with Gasteiger partial charge in [0.1, 0.15) is 11.6 Å². The Kier molecular flexibility index (Phi) is 4.79. The minimum Gasteiger partial charge on any atom is -0.375 e. The number of hydrogen-bond donors (Lipinski definition) is 1. The number of aryl methyl sites for hydroxylation is 1. The van der Waals surface area contributed by atoms with Crippen molar-refractivity contribution in [3.8, 4) is 6.07 Å². The molecule has 5 heteroatoms. The van der Waals surface area contributed by atoms with Crippen LogP contribution in [0.1, 0.15) is 57.4 Å². The van der Waals surface area contributed by atoms with Crippen LogP contribution < -0.4 is 5.32 Å². The Bertz CT molecular complexity index is 548. The quantitative estimate of drug-likeness (QED) is 0.922. The summed E-state index contributed by atoms with van der Waals surface area (Å²) in [6.45, 7) is 9.01. The number of ether oxygens (including phenoxy) is 1. The van der Waals surface area contributed by atoms with Crippen LogP contribution in [0.4, 0.5) is 5.82 Å². The molecule has 1 saturated heterocycles. The fourth-order valence-electron chi connectivity index (χ4n) is 2.94. The Morgan fingerprint density at radius 1 is 1.33 bits per heavy atom. The number of rotatable bonds is 4. The number of aromatic nitrogens is 2. The molecule has 1 fully saturated rings. The predicted molar refractivity (Wildman–Crippen MR) is 82.2 cm³/mol. The van der Waals surface area contributed by atoms with Gasteiger partial charge in [0.05, 0.1) is 11.3 Å². The zero-order chi connectivity index (χ0) is 15.5. The van der Waals surface area contributed by atoms with Gasteiger partial charge < -0.3 is 10.1 Å². The second-order valence-corrected chi connectivity index (χ2v) is 6.11. The highest BCUT2D eigenvalue weighted by atomic mass is 16.5.